The molecule has 1 aromatic heterocycles. The van der Waals surface area contributed by atoms with E-state index >= 15 is 0 Å². The second kappa shape index (κ2) is 7.05. The molecule has 21 heavy (non-hydrogen) atoms. The lowest BCUT2D eigenvalue weighted by molar-refractivity contribution is -0.113. The van der Waals surface area contributed by atoms with Crippen molar-refractivity contribution in [2.45, 2.75) is 5.16 Å². The number of hydrogen-bond donors (Lipinski definition) is 2. The summed E-state index contributed by atoms with van der Waals surface area (Å²) in [6, 6.07) is 5.79. The number of aromatic nitrogens is 2. The van der Waals surface area contributed by atoms with E-state index in [0.717, 1.165) is 0 Å². The number of rotatable bonds is 5. The second-order valence-electron chi connectivity index (χ2n) is 3.87. The van der Waals surface area contributed by atoms with Crippen molar-refractivity contribution in [3.8, 4) is 0 Å². The van der Waals surface area contributed by atoms with Crippen LogP contribution in [-0.4, -0.2) is 32.7 Å². The first-order valence-electron chi connectivity index (χ1n) is 5.79. The van der Waals surface area contributed by atoms with Gasteiger partial charge in [0.05, 0.1) is 22.0 Å². The standard InChI is InChI=1S/C13H10ClN3O3S/c14-9-3-2-8(12(19)20)6-10(9)17-11(18)7-21-13-15-4-1-5-16-13/h1-6H,7H2,(H,17,18)(H,19,20). The van der Waals surface area contributed by atoms with Crippen LogP contribution in [-0.2, 0) is 4.79 Å². The Morgan fingerprint density at radius 2 is 2.00 bits per heavy atom. The number of thioether (sulfide) groups is 1. The Kier molecular flexibility index (Phi) is 5.13. The van der Waals surface area contributed by atoms with Crippen LogP contribution in [0.1, 0.15) is 10.4 Å². The van der Waals surface area contributed by atoms with Crippen molar-refractivity contribution in [1.29, 1.82) is 0 Å². The van der Waals surface area contributed by atoms with E-state index in [1.165, 1.54) is 30.0 Å². The molecule has 0 unspecified atom stereocenters. The molecule has 1 aromatic carbocycles. The third-order valence-corrected chi connectivity index (χ3v) is 3.57. The molecule has 1 amide bonds. The maximum absolute atomic E-state index is 11.8. The fourth-order valence-corrected chi connectivity index (χ4v) is 2.20. The average Bonchev–Trinajstić information content (AvgIpc) is 2.48. The molecule has 0 aliphatic heterocycles. The van der Waals surface area contributed by atoms with Crippen LogP contribution in [0.15, 0.2) is 41.8 Å². The lowest BCUT2D eigenvalue weighted by Crippen LogP contribution is -2.15. The minimum absolute atomic E-state index is 0.0498. The normalized spacial score (nSPS) is 10.1. The van der Waals surface area contributed by atoms with Crippen LogP contribution in [0.2, 0.25) is 5.02 Å². The maximum Gasteiger partial charge on any atom is 0.335 e. The van der Waals surface area contributed by atoms with E-state index in [1.54, 1.807) is 18.5 Å². The molecule has 2 rings (SSSR count). The minimum atomic E-state index is -1.09. The summed E-state index contributed by atoms with van der Waals surface area (Å²) < 4.78 is 0. The Bertz CT molecular complexity index is 667. The summed E-state index contributed by atoms with van der Waals surface area (Å²) in [6.45, 7) is 0. The van der Waals surface area contributed by atoms with Gasteiger partial charge in [0.15, 0.2) is 5.16 Å². The van der Waals surface area contributed by atoms with Gasteiger partial charge in [0.2, 0.25) is 5.91 Å². The molecule has 2 N–H and O–H groups in total. The van der Waals surface area contributed by atoms with Crippen molar-refractivity contribution in [3.05, 3.63) is 47.2 Å². The number of anilines is 1. The van der Waals surface area contributed by atoms with E-state index < -0.39 is 5.97 Å². The smallest absolute Gasteiger partial charge is 0.335 e. The molecule has 0 radical (unpaired) electrons. The number of carboxylic acid groups (broad SMARTS) is 1. The highest BCUT2D eigenvalue weighted by Gasteiger charge is 2.11. The topological polar surface area (TPSA) is 92.2 Å². The lowest BCUT2D eigenvalue weighted by atomic mass is 10.2. The van der Waals surface area contributed by atoms with E-state index in [2.05, 4.69) is 15.3 Å². The molecule has 108 valence electrons. The molecule has 0 spiro atoms. The van der Waals surface area contributed by atoms with Gasteiger partial charge in [0, 0.05) is 12.4 Å². The molecular formula is C13H10ClN3O3S. The molecule has 0 saturated heterocycles. The molecule has 0 aliphatic rings. The molecule has 0 fully saturated rings. The summed E-state index contributed by atoms with van der Waals surface area (Å²) in [4.78, 5) is 30.7. The van der Waals surface area contributed by atoms with Crippen molar-refractivity contribution in [2.75, 3.05) is 11.1 Å². The van der Waals surface area contributed by atoms with E-state index in [9.17, 15) is 9.59 Å². The molecule has 0 aliphatic carbocycles. The Balaban J connectivity index is 1.99. The fourth-order valence-electron chi connectivity index (χ4n) is 1.43. The van der Waals surface area contributed by atoms with Crippen molar-refractivity contribution >= 4 is 40.9 Å². The monoisotopic (exact) mass is 323 g/mol. The van der Waals surface area contributed by atoms with E-state index in [0.29, 0.717) is 5.16 Å². The van der Waals surface area contributed by atoms with E-state index in [1.807, 2.05) is 0 Å². The highest BCUT2D eigenvalue weighted by molar-refractivity contribution is 7.99. The summed E-state index contributed by atoms with van der Waals surface area (Å²) >= 11 is 7.09. The molecular weight excluding hydrogens is 314 g/mol. The number of benzene rings is 1. The molecule has 1 heterocycles. The van der Waals surface area contributed by atoms with Crippen molar-refractivity contribution in [3.63, 3.8) is 0 Å². The number of hydrogen-bond acceptors (Lipinski definition) is 5. The highest BCUT2D eigenvalue weighted by Crippen LogP contribution is 2.23. The number of nitrogens with one attached hydrogen (secondary N) is 1. The number of carbonyl (C=O) groups excluding carboxylic acids is 1. The van der Waals surface area contributed by atoms with Crippen molar-refractivity contribution in [1.82, 2.24) is 9.97 Å². The van der Waals surface area contributed by atoms with Crippen LogP contribution >= 0.6 is 23.4 Å². The second-order valence-corrected chi connectivity index (χ2v) is 5.22. The van der Waals surface area contributed by atoms with Crippen LogP contribution < -0.4 is 5.32 Å². The maximum atomic E-state index is 11.8. The fraction of sp³-hybridized carbons (Fsp3) is 0.0769. The summed E-state index contributed by atoms with van der Waals surface area (Å²) in [5, 5.41) is 12.2. The van der Waals surface area contributed by atoms with Gasteiger partial charge < -0.3 is 10.4 Å². The van der Waals surface area contributed by atoms with Crippen LogP contribution in [0.25, 0.3) is 0 Å². The quantitative estimate of drug-likeness (QED) is 0.649. The Labute approximate surface area is 129 Å². The molecule has 6 nitrogen and oxygen atoms in total. The van der Waals surface area contributed by atoms with Gasteiger partial charge in [-0.05, 0) is 24.3 Å². The number of carboxylic acids is 1. The zero-order valence-electron chi connectivity index (χ0n) is 10.6. The SMILES string of the molecule is O=C(CSc1ncccn1)Nc1cc(C(=O)O)ccc1Cl. The summed E-state index contributed by atoms with van der Waals surface area (Å²) in [6.07, 6.45) is 3.17. The van der Waals surface area contributed by atoms with E-state index in [-0.39, 0.29) is 27.9 Å². The Morgan fingerprint density at radius 3 is 2.67 bits per heavy atom. The summed E-state index contributed by atoms with van der Waals surface area (Å²) in [5.41, 5.74) is 0.310. The van der Waals surface area contributed by atoms with Crippen LogP contribution in [0.3, 0.4) is 0 Å². The first kappa shape index (κ1) is 15.3. The van der Waals surface area contributed by atoms with Crippen molar-refractivity contribution in [2.24, 2.45) is 0 Å². The summed E-state index contributed by atoms with van der Waals surface area (Å²) in [7, 11) is 0. The molecule has 2 aromatic rings. The highest BCUT2D eigenvalue weighted by atomic mass is 35.5. The van der Waals surface area contributed by atoms with Gasteiger partial charge in [-0.1, -0.05) is 23.4 Å². The van der Waals surface area contributed by atoms with Gasteiger partial charge in [-0.2, -0.15) is 0 Å². The zero-order chi connectivity index (χ0) is 15.2. The molecule has 0 atom stereocenters. The van der Waals surface area contributed by atoms with Crippen molar-refractivity contribution < 1.29 is 14.7 Å². The third kappa shape index (κ3) is 4.44. The van der Waals surface area contributed by atoms with Gasteiger partial charge in [0.25, 0.3) is 0 Å². The van der Waals surface area contributed by atoms with Gasteiger partial charge in [0.1, 0.15) is 0 Å². The Morgan fingerprint density at radius 1 is 1.29 bits per heavy atom. The number of carbonyl (C=O) groups is 2. The van der Waals surface area contributed by atoms with Gasteiger partial charge >= 0.3 is 5.97 Å². The van der Waals surface area contributed by atoms with Crippen LogP contribution in [0.5, 0.6) is 0 Å². The van der Waals surface area contributed by atoms with Gasteiger partial charge in [-0.3, -0.25) is 4.79 Å². The van der Waals surface area contributed by atoms with Crippen LogP contribution in [0.4, 0.5) is 5.69 Å². The van der Waals surface area contributed by atoms with Gasteiger partial charge in [-0.25, -0.2) is 14.8 Å². The minimum Gasteiger partial charge on any atom is -0.478 e. The predicted octanol–water partition coefficient (Wildman–Crippen LogP) is 2.56. The number of nitrogens with zero attached hydrogens (tertiary/aromatic N) is 2. The molecule has 8 heteroatoms. The first-order chi connectivity index (χ1) is 10.1. The average molecular weight is 324 g/mol. The van der Waals surface area contributed by atoms with E-state index in [4.69, 9.17) is 16.7 Å². The Hall–Kier alpha value is -2.12. The third-order valence-electron chi connectivity index (χ3n) is 2.36. The predicted molar refractivity (Wildman–Crippen MR) is 79.8 cm³/mol. The summed E-state index contributed by atoms with van der Waals surface area (Å²) in [5.74, 6) is -1.32. The van der Waals surface area contributed by atoms with Crippen LogP contribution in [0, 0.1) is 0 Å². The number of halogens is 1. The number of amides is 1. The molecule has 0 bridgehead atoms. The zero-order valence-corrected chi connectivity index (χ0v) is 12.2. The molecule has 0 saturated carbocycles. The van der Waals surface area contributed by atoms with Gasteiger partial charge in [-0.15, -0.1) is 0 Å². The largest absolute Gasteiger partial charge is 0.478 e. The number of aromatic carboxylic acids is 1. The lowest BCUT2D eigenvalue weighted by Gasteiger charge is -2.07. The first-order valence-corrected chi connectivity index (χ1v) is 7.15.